The van der Waals surface area contributed by atoms with Crippen molar-refractivity contribution in [1.82, 2.24) is 9.88 Å². The molecule has 0 unspecified atom stereocenters. The van der Waals surface area contributed by atoms with Crippen molar-refractivity contribution in [3.63, 3.8) is 0 Å². The first-order valence-electron chi connectivity index (χ1n) is 10.9. The normalized spacial score (nSPS) is 20.8. The molecule has 2 aliphatic heterocycles. The van der Waals surface area contributed by atoms with Crippen LogP contribution >= 0.6 is 0 Å². The van der Waals surface area contributed by atoms with Crippen molar-refractivity contribution in [1.29, 1.82) is 0 Å². The van der Waals surface area contributed by atoms with E-state index in [0.717, 1.165) is 23.9 Å². The minimum Gasteiger partial charge on any atom is -0.493 e. The van der Waals surface area contributed by atoms with Crippen LogP contribution in [0.1, 0.15) is 17.3 Å². The molecule has 2 aliphatic rings. The van der Waals surface area contributed by atoms with Crippen LogP contribution in [-0.4, -0.2) is 35.7 Å². The molecule has 1 fully saturated rings. The van der Waals surface area contributed by atoms with Crippen molar-refractivity contribution in [2.75, 3.05) is 25.1 Å². The quantitative estimate of drug-likeness (QED) is 0.578. The van der Waals surface area contributed by atoms with E-state index in [9.17, 15) is 18.0 Å². The van der Waals surface area contributed by atoms with Crippen LogP contribution in [0.5, 0.6) is 11.6 Å². The fraction of sp³-hybridized carbons (Fsp3) is 0.280. The number of halogens is 3. The van der Waals surface area contributed by atoms with Gasteiger partial charge in [-0.25, -0.2) is 22.9 Å². The number of anilines is 1. The maximum absolute atomic E-state index is 14.1. The van der Waals surface area contributed by atoms with Gasteiger partial charge in [0.15, 0.2) is 0 Å². The van der Waals surface area contributed by atoms with Gasteiger partial charge in [-0.3, -0.25) is 0 Å². The SMILES string of the molecule is Cc1cccc(OC[C@@H]2CN(C(=O)Nc3cc(F)cc(F)c3)[C@H]3c4cc(F)ccc4OC[C@@H]23)n1. The van der Waals surface area contributed by atoms with E-state index in [1.54, 1.807) is 17.0 Å². The van der Waals surface area contributed by atoms with Gasteiger partial charge in [0.25, 0.3) is 0 Å². The lowest BCUT2D eigenvalue weighted by atomic mass is 9.85. The van der Waals surface area contributed by atoms with Gasteiger partial charge in [0, 0.05) is 47.5 Å². The van der Waals surface area contributed by atoms with Crippen LogP contribution in [0.3, 0.4) is 0 Å². The van der Waals surface area contributed by atoms with Crippen molar-refractivity contribution in [3.05, 3.63) is 83.3 Å². The van der Waals surface area contributed by atoms with E-state index in [0.29, 0.717) is 23.8 Å². The molecular formula is C25H22F3N3O3. The summed E-state index contributed by atoms with van der Waals surface area (Å²) in [4.78, 5) is 19.1. The number of ether oxygens (including phenoxy) is 2. The van der Waals surface area contributed by atoms with Gasteiger partial charge < -0.3 is 19.7 Å². The largest absolute Gasteiger partial charge is 0.493 e. The highest BCUT2D eigenvalue weighted by atomic mass is 19.1. The van der Waals surface area contributed by atoms with Crippen molar-refractivity contribution in [3.8, 4) is 11.6 Å². The zero-order valence-electron chi connectivity index (χ0n) is 18.3. The number of pyridine rings is 1. The number of aromatic nitrogens is 1. The summed E-state index contributed by atoms with van der Waals surface area (Å²) in [6, 6.07) is 11.4. The Morgan fingerprint density at radius 1 is 1.12 bits per heavy atom. The molecule has 3 atom stereocenters. The number of carbonyl (C=O) groups is 1. The second-order valence-corrected chi connectivity index (χ2v) is 8.53. The van der Waals surface area contributed by atoms with E-state index in [1.807, 2.05) is 19.1 Å². The van der Waals surface area contributed by atoms with E-state index in [2.05, 4.69) is 10.3 Å². The number of hydrogen-bond acceptors (Lipinski definition) is 4. The first-order valence-corrected chi connectivity index (χ1v) is 10.9. The molecule has 2 aromatic carbocycles. The Morgan fingerprint density at radius 3 is 2.68 bits per heavy atom. The van der Waals surface area contributed by atoms with Gasteiger partial charge in [-0.1, -0.05) is 6.07 Å². The third-order valence-electron chi connectivity index (χ3n) is 6.18. The minimum atomic E-state index is -0.801. The smallest absolute Gasteiger partial charge is 0.322 e. The average molecular weight is 469 g/mol. The summed E-state index contributed by atoms with van der Waals surface area (Å²) in [7, 11) is 0. The van der Waals surface area contributed by atoms with Crippen molar-refractivity contribution >= 4 is 11.7 Å². The van der Waals surface area contributed by atoms with Gasteiger partial charge >= 0.3 is 6.03 Å². The number of likely N-dealkylation sites (tertiary alicyclic amines) is 1. The third-order valence-corrected chi connectivity index (χ3v) is 6.18. The highest BCUT2D eigenvalue weighted by Crippen LogP contribution is 2.47. The Balaban J connectivity index is 1.42. The van der Waals surface area contributed by atoms with Crippen molar-refractivity contribution < 1.29 is 27.4 Å². The van der Waals surface area contributed by atoms with E-state index >= 15 is 0 Å². The van der Waals surface area contributed by atoms with Crippen LogP contribution in [-0.2, 0) is 0 Å². The molecule has 0 bridgehead atoms. The van der Waals surface area contributed by atoms with Gasteiger partial charge in [0.05, 0.1) is 19.3 Å². The molecule has 2 amide bonds. The molecule has 5 rings (SSSR count). The minimum absolute atomic E-state index is 0.00534. The molecule has 3 heterocycles. The predicted molar refractivity (Wildman–Crippen MR) is 118 cm³/mol. The summed E-state index contributed by atoms with van der Waals surface area (Å²) in [5, 5.41) is 2.57. The number of urea groups is 1. The lowest BCUT2D eigenvalue weighted by Gasteiger charge is -2.34. The number of carbonyl (C=O) groups excluding carboxylic acids is 1. The molecule has 1 saturated heterocycles. The predicted octanol–water partition coefficient (Wildman–Crippen LogP) is 5.10. The molecule has 1 aromatic heterocycles. The highest BCUT2D eigenvalue weighted by Gasteiger charge is 2.48. The summed E-state index contributed by atoms with van der Waals surface area (Å²) in [6.07, 6.45) is 0. The molecule has 0 spiro atoms. The number of rotatable bonds is 4. The van der Waals surface area contributed by atoms with E-state index < -0.39 is 29.5 Å². The molecule has 3 aromatic rings. The van der Waals surface area contributed by atoms with Crippen molar-refractivity contribution in [2.24, 2.45) is 11.8 Å². The molecule has 1 N–H and O–H groups in total. The number of hydrogen-bond donors (Lipinski definition) is 1. The summed E-state index contributed by atoms with van der Waals surface area (Å²) in [5.41, 5.74) is 1.36. The standard InChI is InChI=1S/C25H22F3N3O3/c1-14-3-2-4-23(29-14)34-12-15-11-31(25(32)30-19-8-17(27)7-18(28)9-19)24-20-10-16(26)5-6-22(20)33-13-21(15)24/h2-10,15,21,24H,11-13H2,1H3,(H,30,32)/t15-,21-,24-/m0/s1. The zero-order valence-corrected chi connectivity index (χ0v) is 18.3. The van der Waals surface area contributed by atoms with Gasteiger partial charge in [-0.2, -0.15) is 0 Å². The van der Waals surface area contributed by atoms with Crippen LogP contribution < -0.4 is 14.8 Å². The summed E-state index contributed by atoms with van der Waals surface area (Å²) in [5.74, 6) is -1.39. The fourth-order valence-electron chi connectivity index (χ4n) is 4.68. The maximum atomic E-state index is 14.1. The molecule has 9 heteroatoms. The highest BCUT2D eigenvalue weighted by molar-refractivity contribution is 5.90. The molecule has 0 aliphatic carbocycles. The van der Waals surface area contributed by atoms with Crippen LogP contribution in [0.2, 0.25) is 0 Å². The average Bonchev–Trinajstić information content (AvgIpc) is 3.16. The van der Waals surface area contributed by atoms with Crippen molar-refractivity contribution in [2.45, 2.75) is 13.0 Å². The molecule has 6 nitrogen and oxygen atoms in total. The lowest BCUT2D eigenvalue weighted by molar-refractivity contribution is 0.128. The Morgan fingerprint density at radius 2 is 1.91 bits per heavy atom. The monoisotopic (exact) mass is 469 g/mol. The second kappa shape index (κ2) is 8.89. The molecule has 0 saturated carbocycles. The number of benzene rings is 2. The number of nitrogens with one attached hydrogen (secondary N) is 1. The van der Waals surface area contributed by atoms with Gasteiger partial charge in [-0.05, 0) is 43.3 Å². The summed E-state index contributed by atoms with van der Waals surface area (Å²) < 4.78 is 53.2. The molecule has 176 valence electrons. The number of nitrogens with zero attached hydrogens (tertiary/aromatic N) is 2. The zero-order chi connectivity index (χ0) is 23.8. The lowest BCUT2D eigenvalue weighted by Crippen LogP contribution is -2.38. The van der Waals surface area contributed by atoms with Crippen LogP contribution in [0.4, 0.5) is 23.7 Å². The van der Waals surface area contributed by atoms with E-state index in [-0.39, 0.29) is 30.7 Å². The maximum Gasteiger partial charge on any atom is 0.322 e. The Hall–Kier alpha value is -3.75. The summed E-state index contributed by atoms with van der Waals surface area (Å²) in [6.45, 7) is 2.73. The molecule has 34 heavy (non-hydrogen) atoms. The van der Waals surface area contributed by atoms with E-state index in [1.165, 1.54) is 12.1 Å². The third kappa shape index (κ3) is 4.37. The topological polar surface area (TPSA) is 63.7 Å². The van der Waals surface area contributed by atoms with E-state index in [4.69, 9.17) is 9.47 Å². The Kier molecular flexibility index (Phi) is 5.77. The van der Waals surface area contributed by atoms with Crippen LogP contribution in [0, 0.1) is 36.2 Å². The Labute approximate surface area is 194 Å². The number of amides is 2. The fourth-order valence-corrected chi connectivity index (χ4v) is 4.68. The van der Waals surface area contributed by atoms with Crippen LogP contribution in [0.25, 0.3) is 0 Å². The van der Waals surface area contributed by atoms with Gasteiger partial charge in [-0.15, -0.1) is 0 Å². The Bertz CT molecular complexity index is 1220. The number of fused-ring (bicyclic) bond motifs is 3. The first-order chi connectivity index (χ1) is 16.4. The first kappa shape index (κ1) is 22.1. The van der Waals surface area contributed by atoms with Gasteiger partial charge in [0.1, 0.15) is 23.2 Å². The summed E-state index contributed by atoms with van der Waals surface area (Å²) >= 11 is 0. The molecular weight excluding hydrogens is 447 g/mol. The second-order valence-electron chi connectivity index (χ2n) is 8.53. The number of aryl methyl sites for hydroxylation is 1. The van der Waals surface area contributed by atoms with Crippen LogP contribution in [0.15, 0.2) is 54.6 Å². The molecule has 0 radical (unpaired) electrons. The van der Waals surface area contributed by atoms with Gasteiger partial charge in [0.2, 0.25) is 5.88 Å².